The number of hydrogen-bond acceptors (Lipinski definition) is 2. The number of nitrogens with two attached hydrogens (primary N) is 1. The fraction of sp³-hybridized carbons (Fsp3) is 0.0769. The van der Waals surface area contributed by atoms with Crippen LogP contribution in [0.4, 0.5) is 5.69 Å². The third-order valence-electron chi connectivity index (χ3n) is 2.21. The summed E-state index contributed by atoms with van der Waals surface area (Å²) in [6.07, 6.45) is 0. The topological polar surface area (TPSA) is 35.2 Å². The number of benzene rings is 2. The Labute approximate surface area is 99.6 Å². The Morgan fingerprint density at radius 2 is 1.75 bits per heavy atom. The highest BCUT2D eigenvalue weighted by atomic mass is 35.5. The van der Waals surface area contributed by atoms with Crippen molar-refractivity contribution < 1.29 is 4.74 Å². The van der Waals surface area contributed by atoms with Crippen LogP contribution in [0.5, 0.6) is 11.5 Å². The van der Waals surface area contributed by atoms with Gasteiger partial charge in [-0.15, -0.1) is 0 Å². The van der Waals surface area contributed by atoms with Gasteiger partial charge in [-0.05, 0) is 48.9 Å². The molecule has 3 heteroatoms. The van der Waals surface area contributed by atoms with Crippen LogP contribution in [0, 0.1) is 6.92 Å². The molecule has 0 aliphatic rings. The Bertz CT molecular complexity index is 494. The molecule has 0 aromatic heterocycles. The molecule has 0 aliphatic carbocycles. The molecular weight excluding hydrogens is 222 g/mol. The van der Waals surface area contributed by atoms with Crippen LogP contribution >= 0.6 is 11.6 Å². The third kappa shape index (κ3) is 2.47. The van der Waals surface area contributed by atoms with E-state index in [1.807, 2.05) is 37.3 Å². The summed E-state index contributed by atoms with van der Waals surface area (Å²) in [6, 6.07) is 12.9. The van der Waals surface area contributed by atoms with Gasteiger partial charge in [0, 0.05) is 5.02 Å². The first-order valence-corrected chi connectivity index (χ1v) is 5.32. The molecule has 0 bridgehead atoms. The van der Waals surface area contributed by atoms with Crippen molar-refractivity contribution in [1.29, 1.82) is 0 Å². The molecular formula is C13H12ClNO. The predicted molar refractivity (Wildman–Crippen MR) is 67.1 cm³/mol. The van der Waals surface area contributed by atoms with Crippen molar-refractivity contribution in [1.82, 2.24) is 0 Å². The van der Waals surface area contributed by atoms with Crippen molar-refractivity contribution in [3.63, 3.8) is 0 Å². The SMILES string of the molecule is Cc1ccc(N)c(Oc2ccc(Cl)cc2)c1. The Kier molecular flexibility index (Phi) is 3.02. The van der Waals surface area contributed by atoms with Crippen LogP contribution in [0.15, 0.2) is 42.5 Å². The van der Waals surface area contributed by atoms with E-state index in [4.69, 9.17) is 22.1 Å². The van der Waals surface area contributed by atoms with Crippen molar-refractivity contribution in [3.05, 3.63) is 53.1 Å². The van der Waals surface area contributed by atoms with Crippen molar-refractivity contribution in [3.8, 4) is 11.5 Å². The van der Waals surface area contributed by atoms with E-state index >= 15 is 0 Å². The van der Waals surface area contributed by atoms with Crippen LogP contribution in [0.3, 0.4) is 0 Å². The van der Waals surface area contributed by atoms with Gasteiger partial charge < -0.3 is 10.5 Å². The van der Waals surface area contributed by atoms with Gasteiger partial charge in [0.1, 0.15) is 5.75 Å². The average molecular weight is 234 g/mol. The fourth-order valence-corrected chi connectivity index (χ4v) is 1.49. The number of aryl methyl sites for hydroxylation is 1. The second kappa shape index (κ2) is 4.45. The molecule has 2 N–H and O–H groups in total. The Balaban J connectivity index is 2.26. The minimum absolute atomic E-state index is 0.626. The second-order valence-corrected chi connectivity index (χ2v) is 4.03. The van der Waals surface area contributed by atoms with E-state index in [0.717, 1.165) is 11.3 Å². The fourth-order valence-electron chi connectivity index (χ4n) is 1.36. The van der Waals surface area contributed by atoms with Gasteiger partial charge in [-0.1, -0.05) is 17.7 Å². The summed E-state index contributed by atoms with van der Waals surface area (Å²) in [5.74, 6) is 1.39. The number of ether oxygens (including phenoxy) is 1. The number of nitrogen functional groups attached to an aromatic ring is 1. The average Bonchev–Trinajstić information content (AvgIpc) is 2.27. The number of hydrogen-bond donors (Lipinski definition) is 1. The summed E-state index contributed by atoms with van der Waals surface area (Å²) < 4.78 is 5.66. The molecule has 0 saturated carbocycles. The van der Waals surface area contributed by atoms with Crippen LogP contribution in [0.2, 0.25) is 5.02 Å². The molecule has 0 atom stereocenters. The summed E-state index contributed by atoms with van der Waals surface area (Å²) in [5.41, 5.74) is 7.55. The Morgan fingerprint density at radius 3 is 2.44 bits per heavy atom. The minimum Gasteiger partial charge on any atom is -0.455 e. The largest absolute Gasteiger partial charge is 0.455 e. The molecule has 2 rings (SSSR count). The molecule has 16 heavy (non-hydrogen) atoms. The summed E-state index contributed by atoms with van der Waals surface area (Å²) in [5, 5.41) is 0.685. The van der Waals surface area contributed by atoms with Crippen LogP contribution in [-0.4, -0.2) is 0 Å². The molecule has 0 unspecified atom stereocenters. The van der Waals surface area contributed by atoms with E-state index in [-0.39, 0.29) is 0 Å². The zero-order valence-corrected chi connectivity index (χ0v) is 9.66. The van der Waals surface area contributed by atoms with Crippen LogP contribution < -0.4 is 10.5 Å². The lowest BCUT2D eigenvalue weighted by Gasteiger charge is -2.09. The zero-order chi connectivity index (χ0) is 11.5. The van der Waals surface area contributed by atoms with Crippen LogP contribution in [-0.2, 0) is 0 Å². The van der Waals surface area contributed by atoms with Gasteiger partial charge >= 0.3 is 0 Å². The van der Waals surface area contributed by atoms with E-state index in [2.05, 4.69) is 0 Å². The molecule has 82 valence electrons. The number of rotatable bonds is 2. The van der Waals surface area contributed by atoms with Gasteiger partial charge in [0.2, 0.25) is 0 Å². The molecule has 0 spiro atoms. The molecule has 0 heterocycles. The van der Waals surface area contributed by atoms with Crippen molar-refractivity contribution >= 4 is 17.3 Å². The summed E-state index contributed by atoms with van der Waals surface area (Å²) in [6.45, 7) is 1.99. The number of halogens is 1. The van der Waals surface area contributed by atoms with Crippen molar-refractivity contribution in [2.75, 3.05) is 5.73 Å². The molecule has 0 fully saturated rings. The van der Waals surface area contributed by atoms with E-state index < -0.39 is 0 Å². The highest BCUT2D eigenvalue weighted by molar-refractivity contribution is 6.30. The normalized spacial score (nSPS) is 10.1. The first-order valence-electron chi connectivity index (χ1n) is 4.95. The highest BCUT2D eigenvalue weighted by Gasteiger charge is 2.02. The molecule has 0 aliphatic heterocycles. The zero-order valence-electron chi connectivity index (χ0n) is 8.91. The molecule has 0 saturated heterocycles. The van der Waals surface area contributed by atoms with Gasteiger partial charge in [-0.2, -0.15) is 0 Å². The predicted octanol–water partition coefficient (Wildman–Crippen LogP) is 4.02. The Hall–Kier alpha value is -1.67. The van der Waals surface area contributed by atoms with E-state index in [9.17, 15) is 0 Å². The lowest BCUT2D eigenvalue weighted by molar-refractivity contribution is 0.484. The summed E-state index contributed by atoms with van der Waals surface area (Å²) in [7, 11) is 0. The Morgan fingerprint density at radius 1 is 1.06 bits per heavy atom. The van der Waals surface area contributed by atoms with Gasteiger partial charge in [0.05, 0.1) is 5.69 Å². The maximum atomic E-state index is 5.82. The maximum Gasteiger partial charge on any atom is 0.150 e. The molecule has 2 aromatic carbocycles. The van der Waals surface area contributed by atoms with Gasteiger partial charge in [0.25, 0.3) is 0 Å². The van der Waals surface area contributed by atoms with Crippen LogP contribution in [0.25, 0.3) is 0 Å². The molecule has 0 amide bonds. The van der Waals surface area contributed by atoms with Gasteiger partial charge in [0.15, 0.2) is 5.75 Å². The maximum absolute atomic E-state index is 5.82. The summed E-state index contributed by atoms with van der Waals surface area (Å²) in [4.78, 5) is 0. The molecule has 2 nitrogen and oxygen atoms in total. The lowest BCUT2D eigenvalue weighted by atomic mass is 10.2. The quantitative estimate of drug-likeness (QED) is 0.795. The van der Waals surface area contributed by atoms with Gasteiger partial charge in [-0.25, -0.2) is 0 Å². The monoisotopic (exact) mass is 233 g/mol. The minimum atomic E-state index is 0.626. The van der Waals surface area contributed by atoms with E-state index in [1.54, 1.807) is 12.1 Å². The van der Waals surface area contributed by atoms with Crippen LogP contribution in [0.1, 0.15) is 5.56 Å². The summed E-state index contributed by atoms with van der Waals surface area (Å²) >= 11 is 5.79. The standard InChI is InChI=1S/C13H12ClNO/c1-9-2-7-12(15)13(8-9)16-11-5-3-10(14)4-6-11/h2-8H,15H2,1H3. The second-order valence-electron chi connectivity index (χ2n) is 3.60. The van der Waals surface area contributed by atoms with E-state index in [0.29, 0.717) is 16.5 Å². The number of anilines is 1. The van der Waals surface area contributed by atoms with E-state index in [1.165, 1.54) is 0 Å². The van der Waals surface area contributed by atoms with Gasteiger partial charge in [-0.3, -0.25) is 0 Å². The highest BCUT2D eigenvalue weighted by Crippen LogP contribution is 2.28. The smallest absolute Gasteiger partial charge is 0.150 e. The van der Waals surface area contributed by atoms with Crippen molar-refractivity contribution in [2.24, 2.45) is 0 Å². The first kappa shape index (κ1) is 10.8. The molecule has 2 aromatic rings. The molecule has 0 radical (unpaired) electrons. The lowest BCUT2D eigenvalue weighted by Crippen LogP contribution is -1.92. The first-order chi connectivity index (χ1) is 7.65. The third-order valence-corrected chi connectivity index (χ3v) is 2.46. The van der Waals surface area contributed by atoms with Crippen molar-refractivity contribution in [2.45, 2.75) is 6.92 Å².